The summed E-state index contributed by atoms with van der Waals surface area (Å²) >= 11 is 0. The summed E-state index contributed by atoms with van der Waals surface area (Å²) in [5.74, 6) is 0.560. The Hall–Kier alpha value is -0.300. The summed E-state index contributed by atoms with van der Waals surface area (Å²) in [7, 11) is 0. The number of allylic oxidation sites excluding steroid dienone is 1. The first-order valence-corrected chi connectivity index (χ1v) is 4.68. The Kier molecular flexibility index (Phi) is 4.54. The lowest BCUT2D eigenvalue weighted by Crippen LogP contribution is -2.08. The minimum Gasteiger partial charge on any atom is -0.389 e. The van der Waals surface area contributed by atoms with Crippen molar-refractivity contribution >= 4 is 0 Å². The molecule has 0 aromatic carbocycles. The molecule has 0 saturated carbocycles. The fourth-order valence-corrected chi connectivity index (χ4v) is 0.961. The van der Waals surface area contributed by atoms with Crippen molar-refractivity contribution in [3.8, 4) is 0 Å². The summed E-state index contributed by atoms with van der Waals surface area (Å²) in [6.07, 6.45) is 4.55. The van der Waals surface area contributed by atoms with E-state index >= 15 is 0 Å². The van der Waals surface area contributed by atoms with Crippen LogP contribution < -0.4 is 0 Å². The first-order valence-electron chi connectivity index (χ1n) is 4.68. The number of hydrogen-bond donors (Lipinski definition) is 1. The van der Waals surface area contributed by atoms with Crippen LogP contribution in [0.1, 0.15) is 41.0 Å². The molecule has 72 valence electrons. The maximum atomic E-state index is 9.50. The molecule has 0 aromatic rings. The molecule has 0 aromatic heterocycles. The largest absolute Gasteiger partial charge is 0.389 e. The van der Waals surface area contributed by atoms with Gasteiger partial charge in [0.25, 0.3) is 0 Å². The van der Waals surface area contributed by atoms with E-state index in [-0.39, 0.29) is 11.5 Å². The molecule has 0 saturated heterocycles. The van der Waals surface area contributed by atoms with Gasteiger partial charge in [-0.1, -0.05) is 46.8 Å². The molecular weight excluding hydrogens is 148 g/mol. The van der Waals surface area contributed by atoms with Crippen molar-refractivity contribution in [1.29, 1.82) is 0 Å². The molecule has 0 amide bonds. The molecule has 0 spiro atoms. The third-order valence-corrected chi connectivity index (χ3v) is 1.53. The van der Waals surface area contributed by atoms with E-state index in [1.54, 1.807) is 0 Å². The van der Waals surface area contributed by atoms with Crippen molar-refractivity contribution in [2.75, 3.05) is 0 Å². The monoisotopic (exact) mass is 170 g/mol. The maximum absolute atomic E-state index is 9.50. The van der Waals surface area contributed by atoms with Gasteiger partial charge in [0, 0.05) is 0 Å². The Morgan fingerprint density at radius 1 is 1.25 bits per heavy atom. The summed E-state index contributed by atoms with van der Waals surface area (Å²) < 4.78 is 0. The van der Waals surface area contributed by atoms with Gasteiger partial charge >= 0.3 is 0 Å². The summed E-state index contributed by atoms with van der Waals surface area (Å²) in [5, 5.41) is 9.50. The predicted octanol–water partition coefficient (Wildman–Crippen LogP) is 3.00. The van der Waals surface area contributed by atoms with E-state index in [9.17, 15) is 5.11 Å². The Morgan fingerprint density at radius 2 is 1.75 bits per heavy atom. The highest BCUT2D eigenvalue weighted by Gasteiger charge is 2.07. The summed E-state index contributed by atoms with van der Waals surface area (Å²) in [6.45, 7) is 10.6. The molecule has 0 bridgehead atoms. The van der Waals surface area contributed by atoms with Crippen molar-refractivity contribution in [2.24, 2.45) is 11.3 Å². The molecule has 0 aliphatic rings. The third kappa shape index (κ3) is 7.80. The third-order valence-electron chi connectivity index (χ3n) is 1.53. The van der Waals surface area contributed by atoms with Gasteiger partial charge in [-0.3, -0.25) is 0 Å². The second kappa shape index (κ2) is 4.66. The first-order chi connectivity index (χ1) is 5.31. The smallest absolute Gasteiger partial charge is 0.0723 e. The van der Waals surface area contributed by atoms with E-state index in [1.807, 2.05) is 6.08 Å². The van der Waals surface area contributed by atoms with Crippen molar-refractivity contribution in [2.45, 2.75) is 47.1 Å². The fourth-order valence-electron chi connectivity index (χ4n) is 0.961. The van der Waals surface area contributed by atoms with Crippen LogP contribution in [0.25, 0.3) is 0 Å². The van der Waals surface area contributed by atoms with Crippen molar-refractivity contribution in [1.82, 2.24) is 0 Å². The van der Waals surface area contributed by atoms with Gasteiger partial charge in [0.05, 0.1) is 6.10 Å². The van der Waals surface area contributed by atoms with Crippen LogP contribution >= 0.6 is 0 Å². The SMILES string of the molecule is CC(C)CC(O)C=CC(C)(C)C. The van der Waals surface area contributed by atoms with Gasteiger partial charge in [0.15, 0.2) is 0 Å². The van der Waals surface area contributed by atoms with Crippen LogP contribution in [0.3, 0.4) is 0 Å². The van der Waals surface area contributed by atoms with Gasteiger partial charge in [0.2, 0.25) is 0 Å². The Balaban J connectivity index is 3.83. The van der Waals surface area contributed by atoms with Crippen LogP contribution in [0.2, 0.25) is 0 Å². The van der Waals surface area contributed by atoms with E-state index in [4.69, 9.17) is 0 Å². The average molecular weight is 170 g/mol. The van der Waals surface area contributed by atoms with Crippen molar-refractivity contribution < 1.29 is 5.11 Å². The average Bonchev–Trinajstić information content (AvgIpc) is 1.80. The summed E-state index contributed by atoms with van der Waals surface area (Å²) in [6, 6.07) is 0. The van der Waals surface area contributed by atoms with E-state index in [0.717, 1.165) is 6.42 Å². The lowest BCUT2D eigenvalue weighted by atomic mass is 9.94. The number of aliphatic hydroxyl groups excluding tert-OH is 1. The highest BCUT2D eigenvalue weighted by Crippen LogP contribution is 2.16. The molecule has 0 fully saturated rings. The Morgan fingerprint density at radius 3 is 2.08 bits per heavy atom. The second-order valence-electron chi connectivity index (χ2n) is 4.92. The van der Waals surface area contributed by atoms with Crippen LogP contribution in [-0.2, 0) is 0 Å². The minimum absolute atomic E-state index is 0.179. The van der Waals surface area contributed by atoms with Gasteiger partial charge in [-0.15, -0.1) is 0 Å². The van der Waals surface area contributed by atoms with Crippen LogP contribution in [0, 0.1) is 11.3 Å². The number of rotatable bonds is 3. The molecule has 12 heavy (non-hydrogen) atoms. The number of hydrogen-bond acceptors (Lipinski definition) is 1. The quantitative estimate of drug-likeness (QED) is 0.646. The maximum Gasteiger partial charge on any atom is 0.0723 e. The minimum atomic E-state index is -0.274. The predicted molar refractivity (Wildman–Crippen MR) is 54.1 cm³/mol. The Labute approximate surface area is 76.5 Å². The molecular formula is C11H22O. The lowest BCUT2D eigenvalue weighted by Gasteiger charge is -2.14. The first kappa shape index (κ1) is 11.7. The standard InChI is InChI=1S/C11H22O/c1-9(2)8-10(12)6-7-11(3,4)5/h6-7,9-10,12H,8H2,1-5H3. The highest BCUT2D eigenvalue weighted by molar-refractivity contribution is 4.96. The lowest BCUT2D eigenvalue weighted by molar-refractivity contribution is 0.193. The van der Waals surface area contributed by atoms with Crippen LogP contribution in [0.15, 0.2) is 12.2 Å². The zero-order valence-electron chi connectivity index (χ0n) is 8.96. The molecule has 1 unspecified atom stereocenters. The molecule has 1 atom stereocenters. The number of aliphatic hydroxyl groups is 1. The topological polar surface area (TPSA) is 20.2 Å². The van der Waals surface area contributed by atoms with E-state index in [2.05, 4.69) is 40.7 Å². The van der Waals surface area contributed by atoms with Gasteiger partial charge in [0.1, 0.15) is 0 Å². The van der Waals surface area contributed by atoms with Crippen LogP contribution in [0.4, 0.5) is 0 Å². The molecule has 0 aliphatic carbocycles. The normalized spacial score (nSPS) is 15.9. The fraction of sp³-hybridized carbons (Fsp3) is 0.818. The van der Waals surface area contributed by atoms with Crippen LogP contribution in [0.5, 0.6) is 0 Å². The molecule has 0 aliphatic heterocycles. The van der Waals surface area contributed by atoms with Gasteiger partial charge in [-0.05, 0) is 17.8 Å². The summed E-state index contributed by atoms with van der Waals surface area (Å²) in [4.78, 5) is 0. The molecule has 1 nitrogen and oxygen atoms in total. The molecule has 0 heterocycles. The van der Waals surface area contributed by atoms with Gasteiger partial charge < -0.3 is 5.11 Å². The molecule has 0 radical (unpaired) electrons. The van der Waals surface area contributed by atoms with Crippen molar-refractivity contribution in [3.63, 3.8) is 0 Å². The van der Waals surface area contributed by atoms with E-state index in [0.29, 0.717) is 5.92 Å². The zero-order valence-corrected chi connectivity index (χ0v) is 8.96. The summed E-state index contributed by atoms with van der Waals surface area (Å²) in [5.41, 5.74) is 0.179. The zero-order chi connectivity index (χ0) is 9.78. The van der Waals surface area contributed by atoms with E-state index < -0.39 is 0 Å². The Bertz CT molecular complexity index is 140. The van der Waals surface area contributed by atoms with Gasteiger partial charge in [-0.2, -0.15) is 0 Å². The van der Waals surface area contributed by atoms with Crippen molar-refractivity contribution in [3.05, 3.63) is 12.2 Å². The van der Waals surface area contributed by atoms with Crippen LogP contribution in [-0.4, -0.2) is 11.2 Å². The van der Waals surface area contributed by atoms with Gasteiger partial charge in [-0.25, -0.2) is 0 Å². The highest BCUT2D eigenvalue weighted by atomic mass is 16.3. The second-order valence-corrected chi connectivity index (χ2v) is 4.92. The molecule has 1 N–H and O–H groups in total. The van der Waals surface area contributed by atoms with E-state index in [1.165, 1.54) is 0 Å². The molecule has 0 rings (SSSR count). The molecule has 1 heteroatoms.